The molecule has 0 aromatic heterocycles. The average Bonchev–Trinajstić information content (AvgIpc) is 2.48. The first kappa shape index (κ1) is 15.3. The lowest BCUT2D eigenvalue weighted by Gasteiger charge is -2.13. The Kier molecular flexibility index (Phi) is 4.80. The topological polar surface area (TPSA) is 68.3 Å². The van der Waals surface area contributed by atoms with E-state index in [0.717, 1.165) is 0 Å². The van der Waals surface area contributed by atoms with E-state index in [-0.39, 0.29) is 18.3 Å². The molecule has 0 bridgehead atoms. The van der Waals surface area contributed by atoms with Crippen LogP contribution in [0.2, 0.25) is 0 Å². The van der Waals surface area contributed by atoms with Crippen LogP contribution in [-0.4, -0.2) is 12.9 Å². The van der Waals surface area contributed by atoms with Gasteiger partial charge in [0, 0.05) is 11.1 Å². The van der Waals surface area contributed by atoms with Gasteiger partial charge in [-0.05, 0) is 40.2 Å². The van der Waals surface area contributed by atoms with Crippen LogP contribution in [0.15, 0.2) is 40.9 Å². The van der Waals surface area contributed by atoms with Gasteiger partial charge in [-0.1, -0.05) is 12.1 Å². The molecule has 0 radical (unpaired) electrons. The molecule has 21 heavy (non-hydrogen) atoms. The zero-order valence-electron chi connectivity index (χ0n) is 11.3. The van der Waals surface area contributed by atoms with Crippen LogP contribution < -0.4 is 15.2 Å². The van der Waals surface area contributed by atoms with Crippen molar-refractivity contribution in [2.45, 2.75) is 6.61 Å². The molecule has 2 aromatic carbocycles. The number of amidine groups is 1. The monoisotopic (exact) mass is 352 g/mol. The lowest BCUT2D eigenvalue weighted by molar-refractivity contribution is 0.283. The molecule has 2 aromatic rings. The van der Waals surface area contributed by atoms with Crippen molar-refractivity contribution in [1.82, 2.24) is 0 Å². The standard InChI is InChI=1S/C15H14BrFN2O2/c1-20-13-7-9(15(18)19)5-6-12(13)21-8-10-3-2-4-11(17)14(10)16/h2-7H,8H2,1H3,(H3,18,19). The van der Waals surface area contributed by atoms with Gasteiger partial charge in [0.15, 0.2) is 11.5 Å². The Morgan fingerprint density at radius 3 is 2.71 bits per heavy atom. The third kappa shape index (κ3) is 3.52. The van der Waals surface area contributed by atoms with Crippen LogP contribution in [0.5, 0.6) is 11.5 Å². The fourth-order valence-corrected chi connectivity index (χ4v) is 2.15. The molecular weight excluding hydrogens is 339 g/mol. The van der Waals surface area contributed by atoms with E-state index < -0.39 is 0 Å². The number of nitrogens with two attached hydrogens (primary N) is 1. The van der Waals surface area contributed by atoms with Crippen molar-refractivity contribution in [3.63, 3.8) is 0 Å². The summed E-state index contributed by atoms with van der Waals surface area (Å²) in [4.78, 5) is 0. The van der Waals surface area contributed by atoms with Crippen LogP contribution in [0, 0.1) is 11.2 Å². The van der Waals surface area contributed by atoms with Gasteiger partial charge in [0.2, 0.25) is 0 Å². The summed E-state index contributed by atoms with van der Waals surface area (Å²) in [5, 5.41) is 7.40. The molecule has 0 saturated carbocycles. The Labute approximate surface area is 130 Å². The summed E-state index contributed by atoms with van der Waals surface area (Å²) < 4.78 is 24.7. The minimum absolute atomic E-state index is 0.0484. The van der Waals surface area contributed by atoms with E-state index in [0.29, 0.717) is 27.1 Å². The molecule has 4 nitrogen and oxygen atoms in total. The Morgan fingerprint density at radius 2 is 2.05 bits per heavy atom. The molecular formula is C15H14BrFN2O2. The van der Waals surface area contributed by atoms with Crippen molar-refractivity contribution in [2.24, 2.45) is 5.73 Å². The summed E-state index contributed by atoms with van der Waals surface area (Å²) in [7, 11) is 1.50. The van der Waals surface area contributed by atoms with Gasteiger partial charge in [0.25, 0.3) is 0 Å². The molecule has 0 heterocycles. The summed E-state index contributed by atoms with van der Waals surface area (Å²) in [6, 6.07) is 9.72. The zero-order valence-corrected chi connectivity index (χ0v) is 12.9. The van der Waals surface area contributed by atoms with Crippen LogP contribution in [0.25, 0.3) is 0 Å². The maximum Gasteiger partial charge on any atom is 0.161 e. The number of ether oxygens (including phenoxy) is 2. The Morgan fingerprint density at radius 1 is 1.29 bits per heavy atom. The van der Waals surface area contributed by atoms with Gasteiger partial charge in [0.1, 0.15) is 18.3 Å². The zero-order chi connectivity index (χ0) is 15.4. The second-order valence-electron chi connectivity index (χ2n) is 4.28. The number of hydrogen-bond acceptors (Lipinski definition) is 3. The largest absolute Gasteiger partial charge is 0.493 e. The molecule has 0 aliphatic carbocycles. The molecule has 3 N–H and O–H groups in total. The first-order valence-electron chi connectivity index (χ1n) is 6.11. The van der Waals surface area contributed by atoms with Crippen LogP contribution >= 0.6 is 15.9 Å². The fraction of sp³-hybridized carbons (Fsp3) is 0.133. The Bertz CT molecular complexity index is 677. The van der Waals surface area contributed by atoms with E-state index in [4.69, 9.17) is 20.6 Å². The number of benzene rings is 2. The predicted molar refractivity (Wildman–Crippen MR) is 82.4 cm³/mol. The van der Waals surface area contributed by atoms with Crippen LogP contribution in [0.4, 0.5) is 4.39 Å². The summed E-state index contributed by atoms with van der Waals surface area (Å²) >= 11 is 3.19. The van der Waals surface area contributed by atoms with E-state index in [2.05, 4.69) is 15.9 Å². The Balaban J connectivity index is 2.20. The number of nitrogens with one attached hydrogen (secondary N) is 1. The molecule has 0 spiro atoms. The molecule has 0 atom stereocenters. The molecule has 0 aliphatic rings. The first-order chi connectivity index (χ1) is 10.0. The van der Waals surface area contributed by atoms with Gasteiger partial charge < -0.3 is 15.2 Å². The normalized spacial score (nSPS) is 10.2. The lowest BCUT2D eigenvalue weighted by atomic mass is 10.2. The number of rotatable bonds is 5. The summed E-state index contributed by atoms with van der Waals surface area (Å²) in [6.45, 7) is 0.189. The van der Waals surface area contributed by atoms with E-state index >= 15 is 0 Å². The maximum absolute atomic E-state index is 13.4. The van der Waals surface area contributed by atoms with Crippen molar-refractivity contribution in [3.8, 4) is 11.5 Å². The van der Waals surface area contributed by atoms with Crippen LogP contribution in [0.3, 0.4) is 0 Å². The molecule has 6 heteroatoms. The second kappa shape index (κ2) is 6.58. The molecule has 0 aliphatic heterocycles. The highest BCUT2D eigenvalue weighted by atomic mass is 79.9. The smallest absolute Gasteiger partial charge is 0.161 e. The summed E-state index contributed by atoms with van der Waals surface area (Å²) in [5.74, 6) is 0.580. The van der Waals surface area contributed by atoms with Gasteiger partial charge in [-0.3, -0.25) is 5.41 Å². The maximum atomic E-state index is 13.4. The van der Waals surface area contributed by atoms with Gasteiger partial charge in [0.05, 0.1) is 11.6 Å². The summed E-state index contributed by atoms with van der Waals surface area (Å²) in [5.41, 5.74) is 6.66. The van der Waals surface area contributed by atoms with Gasteiger partial charge in [-0.15, -0.1) is 0 Å². The van der Waals surface area contributed by atoms with Crippen molar-refractivity contribution in [2.75, 3.05) is 7.11 Å². The molecule has 0 saturated heterocycles. The second-order valence-corrected chi connectivity index (χ2v) is 5.07. The van der Waals surface area contributed by atoms with Crippen molar-refractivity contribution in [3.05, 3.63) is 57.8 Å². The SMILES string of the molecule is COc1cc(C(=N)N)ccc1OCc1cccc(F)c1Br. The third-order valence-corrected chi connectivity index (χ3v) is 3.78. The highest BCUT2D eigenvalue weighted by Crippen LogP contribution is 2.30. The summed E-state index contributed by atoms with van der Waals surface area (Å²) in [6.07, 6.45) is 0. The average molecular weight is 353 g/mol. The molecule has 0 unspecified atom stereocenters. The van der Waals surface area contributed by atoms with Gasteiger partial charge in [-0.2, -0.15) is 0 Å². The van der Waals surface area contributed by atoms with E-state index in [9.17, 15) is 4.39 Å². The van der Waals surface area contributed by atoms with Crippen LogP contribution in [-0.2, 0) is 6.61 Å². The van der Waals surface area contributed by atoms with Crippen molar-refractivity contribution >= 4 is 21.8 Å². The van der Waals surface area contributed by atoms with Crippen molar-refractivity contribution < 1.29 is 13.9 Å². The number of methoxy groups -OCH3 is 1. The molecule has 0 amide bonds. The lowest BCUT2D eigenvalue weighted by Crippen LogP contribution is -2.11. The van der Waals surface area contributed by atoms with Gasteiger partial charge in [-0.25, -0.2) is 4.39 Å². The number of halogens is 2. The highest BCUT2D eigenvalue weighted by molar-refractivity contribution is 9.10. The quantitative estimate of drug-likeness (QED) is 0.639. The molecule has 2 rings (SSSR count). The molecule has 110 valence electrons. The third-order valence-electron chi connectivity index (χ3n) is 2.89. The number of nitrogen functional groups attached to an aromatic ring is 1. The predicted octanol–water partition coefficient (Wildman–Crippen LogP) is 3.46. The minimum atomic E-state index is -0.338. The van der Waals surface area contributed by atoms with E-state index in [1.807, 2.05) is 0 Å². The van der Waals surface area contributed by atoms with Crippen molar-refractivity contribution in [1.29, 1.82) is 5.41 Å². The fourth-order valence-electron chi connectivity index (χ4n) is 1.77. The molecule has 0 fully saturated rings. The number of hydrogen-bond donors (Lipinski definition) is 2. The first-order valence-corrected chi connectivity index (χ1v) is 6.90. The van der Waals surface area contributed by atoms with Gasteiger partial charge >= 0.3 is 0 Å². The van der Waals surface area contributed by atoms with E-state index in [1.165, 1.54) is 13.2 Å². The minimum Gasteiger partial charge on any atom is -0.493 e. The van der Waals surface area contributed by atoms with E-state index in [1.54, 1.807) is 30.3 Å². The Hall–Kier alpha value is -2.08. The highest BCUT2D eigenvalue weighted by Gasteiger charge is 2.10. The van der Waals surface area contributed by atoms with Crippen LogP contribution in [0.1, 0.15) is 11.1 Å².